The van der Waals surface area contributed by atoms with Crippen LogP contribution in [0.5, 0.6) is 0 Å². The molecule has 2 heterocycles. The number of nitrogen functional groups attached to an aromatic ring is 1. The number of anilines is 1. The molecule has 4 rings (SSSR count). The van der Waals surface area contributed by atoms with Crippen molar-refractivity contribution in [3.8, 4) is 5.69 Å². The number of fused-ring (bicyclic) bond motifs is 2. The summed E-state index contributed by atoms with van der Waals surface area (Å²) in [4.78, 5) is 4.19. The van der Waals surface area contributed by atoms with Gasteiger partial charge in [0.2, 0.25) is 0 Å². The Morgan fingerprint density at radius 3 is 2.95 bits per heavy atom. The van der Waals surface area contributed by atoms with Gasteiger partial charge >= 0.3 is 0 Å². The van der Waals surface area contributed by atoms with E-state index >= 15 is 0 Å². The average Bonchev–Trinajstić information content (AvgIpc) is 2.84. The molecular weight excluding hydrogens is 248 g/mol. The quantitative estimate of drug-likeness (QED) is 0.735. The van der Waals surface area contributed by atoms with Gasteiger partial charge in [0.05, 0.1) is 5.69 Å². The second-order valence-electron chi connectivity index (χ2n) is 5.30. The molecule has 0 radical (unpaired) electrons. The summed E-state index contributed by atoms with van der Waals surface area (Å²) in [5, 5.41) is 6.88. The van der Waals surface area contributed by atoms with Gasteiger partial charge in [0, 0.05) is 34.4 Å². The lowest BCUT2D eigenvalue weighted by molar-refractivity contribution is 0.654. The first-order chi connectivity index (χ1) is 9.84. The van der Waals surface area contributed by atoms with Gasteiger partial charge in [-0.3, -0.25) is 4.98 Å². The van der Waals surface area contributed by atoms with Gasteiger partial charge in [0.1, 0.15) is 5.82 Å². The van der Waals surface area contributed by atoms with E-state index in [4.69, 9.17) is 5.73 Å². The zero-order valence-electron chi connectivity index (χ0n) is 11.2. The fourth-order valence-electron chi connectivity index (χ4n) is 3.12. The van der Waals surface area contributed by atoms with Crippen molar-refractivity contribution in [3.05, 3.63) is 47.9 Å². The lowest BCUT2D eigenvalue weighted by Gasteiger charge is -2.15. The van der Waals surface area contributed by atoms with Gasteiger partial charge in [0.25, 0.3) is 0 Å². The fraction of sp³-hybridized carbons (Fsp3) is 0.250. The van der Waals surface area contributed by atoms with Crippen molar-refractivity contribution in [2.75, 3.05) is 5.73 Å². The maximum atomic E-state index is 6.10. The normalized spacial score (nSPS) is 14.4. The molecule has 2 aromatic heterocycles. The largest absolute Gasteiger partial charge is 0.382 e. The van der Waals surface area contributed by atoms with Gasteiger partial charge in [0.15, 0.2) is 0 Å². The number of benzene rings is 1. The Hall–Kier alpha value is -2.36. The lowest BCUT2D eigenvalue weighted by atomic mass is 9.97. The number of aromatic nitrogens is 3. The van der Waals surface area contributed by atoms with Crippen LogP contribution in [-0.4, -0.2) is 14.8 Å². The summed E-state index contributed by atoms with van der Waals surface area (Å²) < 4.78 is 2.03. The van der Waals surface area contributed by atoms with E-state index in [1.165, 1.54) is 29.5 Å². The zero-order chi connectivity index (χ0) is 13.5. The summed E-state index contributed by atoms with van der Waals surface area (Å²) >= 11 is 0. The fourth-order valence-corrected chi connectivity index (χ4v) is 3.12. The highest BCUT2D eigenvalue weighted by Gasteiger charge is 2.20. The summed E-state index contributed by atoms with van der Waals surface area (Å²) in [7, 11) is 0. The lowest BCUT2D eigenvalue weighted by Crippen LogP contribution is -2.08. The zero-order valence-corrected chi connectivity index (χ0v) is 11.2. The van der Waals surface area contributed by atoms with Crippen molar-refractivity contribution in [3.63, 3.8) is 0 Å². The second-order valence-corrected chi connectivity index (χ2v) is 5.30. The Morgan fingerprint density at radius 1 is 1.10 bits per heavy atom. The molecule has 100 valence electrons. The Kier molecular flexibility index (Phi) is 2.49. The van der Waals surface area contributed by atoms with Crippen LogP contribution in [0, 0.1) is 0 Å². The number of rotatable bonds is 1. The molecule has 0 spiro atoms. The van der Waals surface area contributed by atoms with Gasteiger partial charge < -0.3 is 5.73 Å². The van der Waals surface area contributed by atoms with Gasteiger partial charge in [-0.15, -0.1) is 0 Å². The van der Waals surface area contributed by atoms with Crippen LogP contribution >= 0.6 is 0 Å². The third kappa shape index (κ3) is 1.61. The highest BCUT2D eigenvalue weighted by atomic mass is 15.3. The van der Waals surface area contributed by atoms with E-state index in [9.17, 15) is 0 Å². The Balaban J connectivity index is 2.00. The number of hydrogen-bond donors (Lipinski definition) is 1. The van der Waals surface area contributed by atoms with Crippen molar-refractivity contribution in [1.82, 2.24) is 14.8 Å². The first-order valence-electron chi connectivity index (χ1n) is 7.04. The standard InChI is InChI=1S/C16H16N4/c17-16-13-5-1-2-6-15(13)20(19-16)14-7-3-4-11-10-18-9-8-12(11)14/h3-4,7-10H,1-2,5-6H2,(H2,17,19). The van der Waals surface area contributed by atoms with E-state index in [-0.39, 0.29) is 0 Å². The number of nitrogens with two attached hydrogens (primary N) is 1. The van der Waals surface area contributed by atoms with Crippen molar-refractivity contribution < 1.29 is 0 Å². The van der Waals surface area contributed by atoms with Gasteiger partial charge in [-0.05, 0) is 37.8 Å². The molecule has 4 nitrogen and oxygen atoms in total. The minimum atomic E-state index is 0.686. The van der Waals surface area contributed by atoms with Crippen molar-refractivity contribution in [2.24, 2.45) is 0 Å². The summed E-state index contributed by atoms with van der Waals surface area (Å²) in [5.74, 6) is 0.686. The summed E-state index contributed by atoms with van der Waals surface area (Å²) in [5.41, 5.74) is 9.71. The Bertz CT molecular complexity index is 783. The van der Waals surface area contributed by atoms with Crippen LogP contribution in [0.15, 0.2) is 36.7 Å². The van der Waals surface area contributed by atoms with Crippen LogP contribution in [-0.2, 0) is 12.8 Å². The van der Waals surface area contributed by atoms with Crippen LogP contribution in [0.2, 0.25) is 0 Å². The molecule has 0 saturated heterocycles. The van der Waals surface area contributed by atoms with Gasteiger partial charge in [-0.25, -0.2) is 4.68 Å². The first-order valence-corrected chi connectivity index (χ1v) is 7.04. The van der Waals surface area contributed by atoms with E-state index < -0.39 is 0 Å². The first kappa shape index (κ1) is 11.5. The highest BCUT2D eigenvalue weighted by molar-refractivity contribution is 5.89. The maximum absolute atomic E-state index is 6.10. The second kappa shape index (κ2) is 4.34. The minimum absolute atomic E-state index is 0.686. The van der Waals surface area contributed by atoms with Crippen molar-refractivity contribution >= 4 is 16.6 Å². The summed E-state index contributed by atoms with van der Waals surface area (Å²) in [6, 6.07) is 8.26. The Morgan fingerprint density at radius 2 is 2.00 bits per heavy atom. The molecule has 0 saturated carbocycles. The van der Waals surface area contributed by atoms with Crippen LogP contribution < -0.4 is 5.73 Å². The number of hydrogen-bond acceptors (Lipinski definition) is 3. The van der Waals surface area contributed by atoms with Crippen LogP contribution in [0.25, 0.3) is 16.5 Å². The third-order valence-corrected chi connectivity index (χ3v) is 4.10. The molecule has 1 aliphatic rings. The predicted molar refractivity (Wildman–Crippen MR) is 79.9 cm³/mol. The molecule has 1 aliphatic carbocycles. The van der Waals surface area contributed by atoms with Gasteiger partial charge in [-0.1, -0.05) is 12.1 Å². The molecule has 0 unspecified atom stereocenters. The van der Waals surface area contributed by atoms with E-state index in [0.29, 0.717) is 5.82 Å². The highest BCUT2D eigenvalue weighted by Crippen LogP contribution is 2.30. The van der Waals surface area contributed by atoms with E-state index in [1.54, 1.807) is 0 Å². The molecule has 4 heteroatoms. The number of nitrogens with zero attached hydrogens (tertiary/aromatic N) is 3. The summed E-state index contributed by atoms with van der Waals surface area (Å²) in [6.45, 7) is 0. The van der Waals surface area contributed by atoms with Crippen LogP contribution in [0.3, 0.4) is 0 Å². The molecule has 20 heavy (non-hydrogen) atoms. The predicted octanol–water partition coefficient (Wildman–Crippen LogP) is 2.88. The molecule has 0 fully saturated rings. The van der Waals surface area contributed by atoms with Crippen molar-refractivity contribution in [1.29, 1.82) is 0 Å². The third-order valence-electron chi connectivity index (χ3n) is 4.10. The van der Waals surface area contributed by atoms with E-state index in [2.05, 4.69) is 22.2 Å². The molecule has 0 bridgehead atoms. The van der Waals surface area contributed by atoms with E-state index in [1.807, 2.05) is 29.2 Å². The minimum Gasteiger partial charge on any atom is -0.382 e. The summed E-state index contributed by atoms with van der Waals surface area (Å²) in [6.07, 6.45) is 8.24. The molecule has 1 aromatic carbocycles. The SMILES string of the molecule is Nc1nn(-c2cccc3cnccc23)c2c1CCCC2. The molecule has 0 atom stereocenters. The molecule has 0 amide bonds. The van der Waals surface area contributed by atoms with Crippen LogP contribution in [0.1, 0.15) is 24.1 Å². The van der Waals surface area contributed by atoms with Crippen molar-refractivity contribution in [2.45, 2.75) is 25.7 Å². The molecule has 0 aliphatic heterocycles. The smallest absolute Gasteiger partial charge is 0.149 e. The monoisotopic (exact) mass is 264 g/mol. The number of pyridine rings is 1. The molecule has 3 aromatic rings. The van der Waals surface area contributed by atoms with E-state index in [0.717, 1.165) is 23.9 Å². The Labute approximate surface area is 117 Å². The van der Waals surface area contributed by atoms with Crippen LogP contribution in [0.4, 0.5) is 5.82 Å². The molecule has 2 N–H and O–H groups in total. The molecular formula is C16H16N4. The topological polar surface area (TPSA) is 56.7 Å². The maximum Gasteiger partial charge on any atom is 0.149 e. The average molecular weight is 264 g/mol. The van der Waals surface area contributed by atoms with Gasteiger partial charge in [-0.2, -0.15) is 5.10 Å².